The van der Waals surface area contributed by atoms with Gasteiger partial charge in [-0.1, -0.05) is 0 Å². The third-order valence-electron chi connectivity index (χ3n) is 3.63. The highest BCUT2D eigenvalue weighted by molar-refractivity contribution is 5.85. The van der Waals surface area contributed by atoms with E-state index in [1.165, 1.54) is 4.90 Å². The van der Waals surface area contributed by atoms with Gasteiger partial charge in [0.15, 0.2) is 0 Å². The highest BCUT2D eigenvalue weighted by Gasteiger charge is 2.36. The fourth-order valence-electron chi connectivity index (χ4n) is 2.52. The van der Waals surface area contributed by atoms with Crippen molar-refractivity contribution in [2.75, 3.05) is 13.1 Å². The van der Waals surface area contributed by atoms with E-state index in [2.05, 4.69) is 11.2 Å². The fraction of sp³-hybridized carbons (Fsp3) is 0.706. The van der Waals surface area contributed by atoms with Gasteiger partial charge >= 0.3 is 12.1 Å². The molecule has 0 aromatic carbocycles. The average molecular weight is 338 g/mol. The van der Waals surface area contributed by atoms with Crippen molar-refractivity contribution in [2.45, 2.75) is 58.1 Å². The highest BCUT2D eigenvalue weighted by Crippen LogP contribution is 2.22. The molecule has 1 heterocycles. The molecule has 7 nitrogen and oxygen atoms in total. The summed E-state index contributed by atoms with van der Waals surface area (Å²) >= 11 is 0. The van der Waals surface area contributed by atoms with Crippen molar-refractivity contribution in [3.63, 3.8) is 0 Å². The van der Waals surface area contributed by atoms with Crippen LogP contribution in [-0.4, -0.2) is 52.7 Å². The van der Waals surface area contributed by atoms with Crippen molar-refractivity contribution in [3.8, 4) is 12.3 Å². The zero-order valence-electron chi connectivity index (χ0n) is 14.5. The summed E-state index contributed by atoms with van der Waals surface area (Å²) in [4.78, 5) is 36.2. The first kappa shape index (κ1) is 19.8. The summed E-state index contributed by atoms with van der Waals surface area (Å²) < 4.78 is 5.11. The number of ether oxygens (including phenoxy) is 1. The molecule has 0 bridgehead atoms. The Hall–Kier alpha value is -2.23. The van der Waals surface area contributed by atoms with Gasteiger partial charge in [0.2, 0.25) is 5.91 Å². The number of carbonyl (C=O) groups is 3. The number of aliphatic carboxylic acids is 1. The number of hydrogen-bond donors (Lipinski definition) is 2. The van der Waals surface area contributed by atoms with Gasteiger partial charge < -0.3 is 20.1 Å². The molecule has 1 aliphatic rings. The minimum Gasteiger partial charge on any atom is -0.480 e. The van der Waals surface area contributed by atoms with Gasteiger partial charge in [-0.15, -0.1) is 12.3 Å². The SMILES string of the molecule is C#CC1CC(=O)N([C@@H](CCCCNC(=O)OC(C)(C)C)C(=O)O)C1. The van der Waals surface area contributed by atoms with Gasteiger partial charge in [-0.25, -0.2) is 9.59 Å². The summed E-state index contributed by atoms with van der Waals surface area (Å²) in [6.45, 7) is 6.02. The largest absolute Gasteiger partial charge is 0.480 e. The van der Waals surface area contributed by atoms with Crippen molar-refractivity contribution in [1.82, 2.24) is 10.2 Å². The lowest BCUT2D eigenvalue weighted by Crippen LogP contribution is -2.42. The van der Waals surface area contributed by atoms with Gasteiger partial charge in [0.05, 0.1) is 0 Å². The van der Waals surface area contributed by atoms with Crippen LogP contribution < -0.4 is 5.32 Å². The quantitative estimate of drug-likeness (QED) is 0.543. The van der Waals surface area contributed by atoms with E-state index in [9.17, 15) is 19.5 Å². The Balaban J connectivity index is 2.36. The number of nitrogens with one attached hydrogen (secondary N) is 1. The molecule has 0 spiro atoms. The molecule has 0 aromatic rings. The molecule has 1 saturated heterocycles. The number of rotatable bonds is 7. The van der Waals surface area contributed by atoms with E-state index in [1.807, 2.05) is 0 Å². The topological polar surface area (TPSA) is 95.9 Å². The van der Waals surface area contributed by atoms with Gasteiger partial charge in [-0.2, -0.15) is 0 Å². The molecule has 0 aliphatic carbocycles. The summed E-state index contributed by atoms with van der Waals surface area (Å²) in [7, 11) is 0. The molecule has 134 valence electrons. The number of carbonyl (C=O) groups excluding carboxylic acids is 2. The standard InChI is InChI=1S/C17H26N2O5/c1-5-12-10-14(20)19(11-12)13(15(21)22)8-6-7-9-18-16(23)24-17(2,3)4/h1,12-13H,6-11H2,2-4H3,(H,18,23)(H,21,22)/t12?,13-/m0/s1. The monoisotopic (exact) mass is 338 g/mol. The van der Waals surface area contributed by atoms with Crippen molar-refractivity contribution in [1.29, 1.82) is 0 Å². The van der Waals surface area contributed by atoms with Crippen LogP contribution in [0.2, 0.25) is 0 Å². The summed E-state index contributed by atoms with van der Waals surface area (Å²) in [5.41, 5.74) is -0.553. The number of unbranched alkanes of at least 4 members (excludes halogenated alkanes) is 1. The highest BCUT2D eigenvalue weighted by atomic mass is 16.6. The number of carboxylic acid groups (broad SMARTS) is 1. The second-order valence-corrected chi connectivity index (χ2v) is 6.89. The van der Waals surface area contributed by atoms with Crippen LogP contribution in [0.1, 0.15) is 46.5 Å². The average Bonchev–Trinajstić information content (AvgIpc) is 2.81. The predicted molar refractivity (Wildman–Crippen MR) is 88.2 cm³/mol. The smallest absolute Gasteiger partial charge is 0.407 e. The minimum atomic E-state index is -1.03. The maximum absolute atomic E-state index is 11.9. The summed E-state index contributed by atoms with van der Waals surface area (Å²) in [5, 5.41) is 12.0. The third-order valence-corrected chi connectivity index (χ3v) is 3.63. The molecule has 1 aliphatic heterocycles. The molecule has 0 radical (unpaired) electrons. The molecule has 1 unspecified atom stereocenters. The van der Waals surface area contributed by atoms with E-state index < -0.39 is 23.7 Å². The molecule has 2 N–H and O–H groups in total. The Morgan fingerprint density at radius 3 is 2.62 bits per heavy atom. The van der Waals surface area contributed by atoms with Crippen molar-refractivity contribution in [3.05, 3.63) is 0 Å². The molecule has 2 atom stereocenters. The predicted octanol–water partition coefficient (Wildman–Crippen LogP) is 1.62. The summed E-state index contributed by atoms with van der Waals surface area (Å²) in [6, 6.07) is -0.864. The van der Waals surface area contributed by atoms with E-state index in [1.54, 1.807) is 20.8 Å². The van der Waals surface area contributed by atoms with Gasteiger partial charge in [0.25, 0.3) is 0 Å². The number of alkyl carbamates (subject to hydrolysis) is 1. The maximum Gasteiger partial charge on any atom is 0.407 e. The minimum absolute atomic E-state index is 0.209. The Bertz CT molecular complexity index is 518. The first-order chi connectivity index (χ1) is 11.1. The zero-order valence-corrected chi connectivity index (χ0v) is 14.5. The molecular weight excluding hydrogens is 312 g/mol. The maximum atomic E-state index is 11.9. The van der Waals surface area contributed by atoms with Crippen LogP contribution in [0.4, 0.5) is 4.79 Å². The van der Waals surface area contributed by atoms with Crippen molar-refractivity contribution in [2.24, 2.45) is 5.92 Å². The Labute approximate surface area is 142 Å². The second-order valence-electron chi connectivity index (χ2n) is 6.89. The third kappa shape index (κ3) is 6.49. The first-order valence-electron chi connectivity index (χ1n) is 8.09. The molecule has 24 heavy (non-hydrogen) atoms. The summed E-state index contributed by atoms with van der Waals surface area (Å²) in [6.07, 6.45) is 6.53. The lowest BCUT2D eigenvalue weighted by Gasteiger charge is -2.24. The van der Waals surface area contributed by atoms with E-state index in [0.29, 0.717) is 32.4 Å². The lowest BCUT2D eigenvalue weighted by atomic mass is 10.1. The summed E-state index contributed by atoms with van der Waals surface area (Å²) in [5.74, 6) is 1.06. The van der Waals surface area contributed by atoms with Crippen molar-refractivity contribution < 1.29 is 24.2 Å². The van der Waals surface area contributed by atoms with E-state index >= 15 is 0 Å². The fourth-order valence-corrected chi connectivity index (χ4v) is 2.52. The number of hydrogen-bond acceptors (Lipinski definition) is 4. The van der Waals surface area contributed by atoms with E-state index in [-0.39, 0.29) is 18.2 Å². The number of terminal acetylenes is 1. The first-order valence-corrected chi connectivity index (χ1v) is 8.09. The van der Waals surface area contributed by atoms with Crippen LogP contribution in [0.5, 0.6) is 0 Å². The Morgan fingerprint density at radius 1 is 1.46 bits per heavy atom. The number of likely N-dealkylation sites (tertiary alicyclic amines) is 1. The zero-order chi connectivity index (χ0) is 18.3. The van der Waals surface area contributed by atoms with Crippen LogP contribution in [0, 0.1) is 18.3 Å². The van der Waals surface area contributed by atoms with Gasteiger partial charge in [0, 0.05) is 25.4 Å². The van der Waals surface area contributed by atoms with Crippen LogP contribution >= 0.6 is 0 Å². The lowest BCUT2D eigenvalue weighted by molar-refractivity contribution is -0.148. The molecule has 1 fully saturated rings. The van der Waals surface area contributed by atoms with Crippen LogP contribution in [0.25, 0.3) is 0 Å². The van der Waals surface area contributed by atoms with Crippen LogP contribution in [-0.2, 0) is 14.3 Å². The molecule has 0 saturated carbocycles. The normalized spacial score (nSPS) is 18.8. The van der Waals surface area contributed by atoms with Crippen molar-refractivity contribution >= 4 is 18.0 Å². The molecule has 2 amide bonds. The van der Waals surface area contributed by atoms with E-state index in [4.69, 9.17) is 11.2 Å². The van der Waals surface area contributed by atoms with Crippen LogP contribution in [0.15, 0.2) is 0 Å². The number of amides is 2. The second kappa shape index (κ2) is 8.57. The molecule has 7 heteroatoms. The van der Waals surface area contributed by atoms with Crippen LogP contribution in [0.3, 0.4) is 0 Å². The van der Waals surface area contributed by atoms with Gasteiger partial charge in [-0.05, 0) is 40.0 Å². The number of nitrogens with zero attached hydrogens (tertiary/aromatic N) is 1. The molecule has 1 rings (SSSR count). The molecule has 0 aromatic heterocycles. The molecular formula is C17H26N2O5. The Kier molecular flexibility index (Phi) is 7.08. The van der Waals surface area contributed by atoms with Gasteiger partial charge in [0.1, 0.15) is 11.6 Å². The number of carboxylic acids is 1. The van der Waals surface area contributed by atoms with E-state index in [0.717, 1.165) is 0 Å². The van der Waals surface area contributed by atoms with Gasteiger partial charge in [-0.3, -0.25) is 4.79 Å². The Morgan fingerprint density at radius 2 is 2.12 bits per heavy atom.